The number of methoxy groups -OCH3 is 1. The summed E-state index contributed by atoms with van der Waals surface area (Å²) < 4.78 is 5.26. The van der Waals surface area contributed by atoms with Crippen molar-refractivity contribution in [3.05, 3.63) is 23.8 Å². The van der Waals surface area contributed by atoms with Crippen LogP contribution in [0.5, 0.6) is 5.75 Å². The summed E-state index contributed by atoms with van der Waals surface area (Å²) >= 11 is 0. The second-order valence-corrected chi connectivity index (χ2v) is 5.99. The summed E-state index contributed by atoms with van der Waals surface area (Å²) in [4.78, 5) is 15.0. The smallest absolute Gasteiger partial charge is 0.255 e. The second kappa shape index (κ2) is 5.93. The molecule has 0 aliphatic carbocycles. The molecule has 21 heavy (non-hydrogen) atoms. The Kier molecular flexibility index (Phi) is 4.01. The maximum Gasteiger partial charge on any atom is 0.255 e. The first-order valence-corrected chi connectivity index (χ1v) is 7.66. The van der Waals surface area contributed by atoms with Crippen LogP contribution in [-0.2, 0) is 0 Å². The number of nitrogens with one attached hydrogen (secondary N) is 1. The van der Waals surface area contributed by atoms with Crippen molar-refractivity contribution in [1.82, 2.24) is 10.2 Å². The normalized spacial score (nSPS) is 25.4. The van der Waals surface area contributed by atoms with E-state index in [-0.39, 0.29) is 11.9 Å². The Morgan fingerprint density at radius 1 is 1.38 bits per heavy atom. The highest BCUT2D eigenvalue weighted by molar-refractivity contribution is 5.97. The molecule has 2 saturated heterocycles. The minimum atomic E-state index is -0.0664. The molecule has 0 saturated carbocycles. The highest BCUT2D eigenvalue weighted by atomic mass is 16.5. The third-order valence-corrected chi connectivity index (χ3v) is 4.63. The zero-order valence-corrected chi connectivity index (χ0v) is 12.5. The van der Waals surface area contributed by atoms with Gasteiger partial charge in [0.15, 0.2) is 0 Å². The fraction of sp³-hybridized carbons (Fsp3) is 0.562. The molecular formula is C16H23N3O2. The van der Waals surface area contributed by atoms with Gasteiger partial charge in [-0.05, 0) is 44.4 Å². The van der Waals surface area contributed by atoms with E-state index >= 15 is 0 Å². The fourth-order valence-corrected chi connectivity index (χ4v) is 3.51. The minimum Gasteiger partial charge on any atom is -0.496 e. The van der Waals surface area contributed by atoms with Gasteiger partial charge in [-0.2, -0.15) is 0 Å². The Labute approximate surface area is 125 Å². The molecule has 5 nitrogen and oxygen atoms in total. The number of carbonyl (C=O) groups is 1. The molecule has 3 N–H and O–H groups in total. The number of nitrogens with zero attached hydrogens (tertiary/aromatic N) is 1. The fourth-order valence-electron chi connectivity index (χ4n) is 3.51. The molecule has 0 radical (unpaired) electrons. The molecule has 2 atom stereocenters. The molecule has 0 spiro atoms. The summed E-state index contributed by atoms with van der Waals surface area (Å²) in [6.07, 6.45) is 4.64. The van der Waals surface area contributed by atoms with Gasteiger partial charge in [0, 0.05) is 30.4 Å². The molecule has 1 aromatic rings. The van der Waals surface area contributed by atoms with Crippen LogP contribution < -0.4 is 15.8 Å². The molecule has 3 rings (SSSR count). The number of nitrogens with two attached hydrogens (primary N) is 1. The number of fused-ring (bicyclic) bond motifs is 1. The van der Waals surface area contributed by atoms with E-state index in [1.165, 1.54) is 19.4 Å². The number of nitrogen functional groups attached to an aromatic ring is 1. The highest BCUT2D eigenvalue weighted by Crippen LogP contribution is 2.27. The number of piperidine rings is 1. The van der Waals surface area contributed by atoms with Crippen LogP contribution in [0.4, 0.5) is 5.69 Å². The van der Waals surface area contributed by atoms with Crippen LogP contribution in [0.25, 0.3) is 0 Å². The lowest BCUT2D eigenvalue weighted by molar-refractivity contribution is 0.0893. The van der Waals surface area contributed by atoms with Crippen LogP contribution in [0.15, 0.2) is 18.2 Å². The van der Waals surface area contributed by atoms with Gasteiger partial charge in [0.2, 0.25) is 0 Å². The van der Waals surface area contributed by atoms with Gasteiger partial charge in [0.05, 0.1) is 12.7 Å². The molecule has 1 amide bonds. The number of ether oxygens (including phenoxy) is 1. The number of benzene rings is 1. The topological polar surface area (TPSA) is 67.6 Å². The van der Waals surface area contributed by atoms with Crippen molar-refractivity contribution in [2.75, 3.05) is 25.9 Å². The monoisotopic (exact) mass is 289 g/mol. The maximum absolute atomic E-state index is 12.5. The largest absolute Gasteiger partial charge is 0.496 e. The van der Waals surface area contributed by atoms with E-state index in [1.54, 1.807) is 25.3 Å². The average molecular weight is 289 g/mol. The summed E-state index contributed by atoms with van der Waals surface area (Å²) in [5.41, 5.74) is 6.88. The summed E-state index contributed by atoms with van der Waals surface area (Å²) in [5.74, 6) is 0.467. The van der Waals surface area contributed by atoms with Crippen LogP contribution in [0.3, 0.4) is 0 Å². The van der Waals surface area contributed by atoms with E-state index in [0.29, 0.717) is 23.0 Å². The summed E-state index contributed by atoms with van der Waals surface area (Å²) in [5, 5.41) is 3.16. The Hall–Kier alpha value is -1.75. The third-order valence-electron chi connectivity index (χ3n) is 4.63. The van der Waals surface area contributed by atoms with Gasteiger partial charge >= 0.3 is 0 Å². The summed E-state index contributed by atoms with van der Waals surface area (Å²) in [6, 6.07) is 6.07. The quantitative estimate of drug-likeness (QED) is 0.830. The van der Waals surface area contributed by atoms with Gasteiger partial charge in [0.1, 0.15) is 5.75 Å². The van der Waals surface area contributed by atoms with E-state index in [0.717, 1.165) is 19.4 Å². The van der Waals surface area contributed by atoms with Gasteiger partial charge in [-0.25, -0.2) is 0 Å². The molecule has 2 aliphatic rings. The lowest BCUT2D eigenvalue weighted by atomic mass is 9.97. The number of hydrogen-bond donors (Lipinski definition) is 2. The highest BCUT2D eigenvalue weighted by Gasteiger charge is 2.32. The van der Waals surface area contributed by atoms with Gasteiger partial charge in [-0.3, -0.25) is 4.79 Å². The summed E-state index contributed by atoms with van der Waals surface area (Å²) in [7, 11) is 1.56. The van der Waals surface area contributed by atoms with Gasteiger partial charge in [0.25, 0.3) is 5.91 Å². The predicted molar refractivity (Wildman–Crippen MR) is 82.5 cm³/mol. The van der Waals surface area contributed by atoms with E-state index < -0.39 is 0 Å². The zero-order chi connectivity index (χ0) is 14.8. The molecule has 2 heterocycles. The molecule has 2 aliphatic heterocycles. The second-order valence-electron chi connectivity index (χ2n) is 5.99. The number of rotatable bonds is 3. The average Bonchev–Trinajstić information content (AvgIpc) is 2.94. The number of anilines is 1. The van der Waals surface area contributed by atoms with E-state index in [4.69, 9.17) is 10.5 Å². The van der Waals surface area contributed by atoms with Crippen LogP contribution >= 0.6 is 0 Å². The molecule has 2 fully saturated rings. The number of carbonyl (C=O) groups excluding carboxylic acids is 1. The van der Waals surface area contributed by atoms with E-state index in [9.17, 15) is 4.79 Å². The van der Waals surface area contributed by atoms with Gasteiger partial charge in [-0.15, -0.1) is 0 Å². The van der Waals surface area contributed by atoms with E-state index in [2.05, 4.69) is 10.2 Å². The van der Waals surface area contributed by atoms with Crippen molar-refractivity contribution in [3.8, 4) is 5.75 Å². The van der Waals surface area contributed by atoms with Crippen LogP contribution in [0.1, 0.15) is 36.0 Å². The first-order valence-electron chi connectivity index (χ1n) is 7.66. The SMILES string of the molecule is COc1cc(N)ccc1C(=O)NC1CCN2CCCC2C1. The maximum atomic E-state index is 12.5. The number of hydrogen-bond acceptors (Lipinski definition) is 4. The minimum absolute atomic E-state index is 0.0664. The lowest BCUT2D eigenvalue weighted by Gasteiger charge is -2.35. The first-order chi connectivity index (χ1) is 10.2. The van der Waals surface area contributed by atoms with Crippen LogP contribution in [0.2, 0.25) is 0 Å². The van der Waals surface area contributed by atoms with Crippen molar-refractivity contribution >= 4 is 11.6 Å². The van der Waals surface area contributed by atoms with Gasteiger partial charge < -0.3 is 20.7 Å². The first kappa shape index (κ1) is 14.2. The van der Waals surface area contributed by atoms with Crippen molar-refractivity contribution in [2.24, 2.45) is 0 Å². The van der Waals surface area contributed by atoms with Crippen molar-refractivity contribution < 1.29 is 9.53 Å². The van der Waals surface area contributed by atoms with E-state index in [1.807, 2.05) is 0 Å². The Balaban J connectivity index is 1.66. The van der Waals surface area contributed by atoms with Crippen molar-refractivity contribution in [3.63, 3.8) is 0 Å². The molecule has 0 bridgehead atoms. The molecule has 1 aromatic carbocycles. The Morgan fingerprint density at radius 3 is 3.05 bits per heavy atom. The van der Waals surface area contributed by atoms with Crippen molar-refractivity contribution in [2.45, 2.75) is 37.8 Å². The molecule has 2 unspecified atom stereocenters. The van der Waals surface area contributed by atoms with Crippen LogP contribution in [-0.4, -0.2) is 43.1 Å². The molecular weight excluding hydrogens is 266 g/mol. The van der Waals surface area contributed by atoms with Crippen LogP contribution in [0, 0.1) is 0 Å². The third kappa shape index (κ3) is 2.97. The van der Waals surface area contributed by atoms with Gasteiger partial charge in [-0.1, -0.05) is 0 Å². The standard InChI is InChI=1S/C16H23N3O2/c1-21-15-9-11(17)4-5-14(15)16(20)18-12-6-8-19-7-2-3-13(19)10-12/h4-5,9,12-13H,2-3,6-8,10,17H2,1H3,(H,18,20). The summed E-state index contributed by atoms with van der Waals surface area (Å²) in [6.45, 7) is 2.31. The molecule has 0 aromatic heterocycles. The zero-order valence-electron chi connectivity index (χ0n) is 12.5. The molecule has 114 valence electrons. The lowest BCUT2D eigenvalue weighted by Crippen LogP contribution is -2.47. The van der Waals surface area contributed by atoms with Crippen molar-refractivity contribution in [1.29, 1.82) is 0 Å². The Morgan fingerprint density at radius 2 is 2.24 bits per heavy atom. The number of amides is 1. The molecule has 5 heteroatoms. The predicted octanol–water partition coefficient (Wildman–Crippen LogP) is 1.63. The Bertz CT molecular complexity index is 532.